The monoisotopic (exact) mass is 407 g/mol. The summed E-state index contributed by atoms with van der Waals surface area (Å²) < 4.78 is 5.12. The van der Waals surface area contributed by atoms with Crippen molar-refractivity contribution in [2.45, 2.75) is 19.4 Å². The molecule has 2 N–H and O–H groups in total. The van der Waals surface area contributed by atoms with Crippen LogP contribution < -0.4 is 15.4 Å². The number of hydrogen-bond acceptors (Lipinski definition) is 4. The van der Waals surface area contributed by atoms with Crippen molar-refractivity contribution < 1.29 is 14.3 Å². The lowest BCUT2D eigenvalue weighted by Gasteiger charge is -2.32. The average molecular weight is 408 g/mol. The number of nitrogens with zero attached hydrogens (tertiary/aromatic N) is 1. The second kappa shape index (κ2) is 9.10. The van der Waals surface area contributed by atoms with E-state index in [-0.39, 0.29) is 17.9 Å². The number of halogens is 1. The normalized spacial score (nSPS) is 16.7. The number of urea groups is 1. The molecule has 0 spiro atoms. The van der Waals surface area contributed by atoms with Gasteiger partial charge in [0.2, 0.25) is 5.91 Å². The quantitative estimate of drug-likeness (QED) is 0.787. The summed E-state index contributed by atoms with van der Waals surface area (Å²) >= 11 is 7.71. The third-order valence-corrected chi connectivity index (χ3v) is 5.66. The van der Waals surface area contributed by atoms with E-state index in [2.05, 4.69) is 10.6 Å². The van der Waals surface area contributed by atoms with Gasteiger partial charge in [0, 0.05) is 23.7 Å². The predicted octanol–water partition coefficient (Wildman–Crippen LogP) is 3.97. The Labute approximate surface area is 167 Å². The van der Waals surface area contributed by atoms with Crippen LogP contribution in [0, 0.1) is 5.92 Å². The lowest BCUT2D eigenvalue weighted by atomic mass is 9.97. The molecule has 144 valence electrons. The first kappa shape index (κ1) is 19.5. The highest BCUT2D eigenvalue weighted by Crippen LogP contribution is 2.28. The summed E-state index contributed by atoms with van der Waals surface area (Å²) in [4.78, 5) is 27.8. The van der Waals surface area contributed by atoms with Crippen molar-refractivity contribution in [3.63, 3.8) is 0 Å². The Balaban J connectivity index is 1.54. The zero-order valence-electron chi connectivity index (χ0n) is 15.0. The predicted molar refractivity (Wildman–Crippen MR) is 107 cm³/mol. The average Bonchev–Trinajstić information content (AvgIpc) is 3.20. The minimum atomic E-state index is -0.243. The number of methoxy groups -OCH3 is 1. The summed E-state index contributed by atoms with van der Waals surface area (Å²) in [5.74, 6) is 0.208. The van der Waals surface area contributed by atoms with Crippen LogP contribution in [0.3, 0.4) is 0 Å². The molecule has 1 aromatic heterocycles. The van der Waals surface area contributed by atoms with E-state index < -0.39 is 0 Å². The van der Waals surface area contributed by atoms with E-state index in [0.717, 1.165) is 17.7 Å². The maximum absolute atomic E-state index is 12.6. The van der Waals surface area contributed by atoms with E-state index in [1.807, 2.05) is 17.5 Å². The molecule has 6 nitrogen and oxygen atoms in total. The first-order valence-electron chi connectivity index (χ1n) is 8.76. The van der Waals surface area contributed by atoms with E-state index in [9.17, 15) is 9.59 Å². The van der Waals surface area contributed by atoms with Crippen LogP contribution in [0.2, 0.25) is 5.02 Å². The molecular weight excluding hydrogens is 386 g/mol. The van der Waals surface area contributed by atoms with Gasteiger partial charge in [-0.25, -0.2) is 4.79 Å². The molecule has 0 saturated carbocycles. The van der Waals surface area contributed by atoms with Crippen molar-refractivity contribution in [3.8, 4) is 5.75 Å². The fourth-order valence-corrected chi connectivity index (χ4v) is 3.95. The van der Waals surface area contributed by atoms with Crippen molar-refractivity contribution >= 4 is 40.6 Å². The van der Waals surface area contributed by atoms with Crippen molar-refractivity contribution in [1.29, 1.82) is 0 Å². The van der Waals surface area contributed by atoms with Gasteiger partial charge in [0.25, 0.3) is 0 Å². The summed E-state index contributed by atoms with van der Waals surface area (Å²) in [5, 5.41) is 8.22. The second-order valence-corrected chi connectivity index (χ2v) is 7.80. The molecule has 1 aromatic carbocycles. The first-order valence-corrected chi connectivity index (χ1v) is 10.0. The molecule has 0 radical (unpaired) electrons. The van der Waals surface area contributed by atoms with Gasteiger partial charge in [-0.1, -0.05) is 17.7 Å². The minimum absolute atomic E-state index is 0.105. The lowest BCUT2D eigenvalue weighted by molar-refractivity contribution is -0.121. The summed E-state index contributed by atoms with van der Waals surface area (Å²) in [6, 6.07) is 8.93. The zero-order chi connectivity index (χ0) is 19.2. The highest BCUT2D eigenvalue weighted by Gasteiger charge is 2.28. The molecule has 1 unspecified atom stereocenters. The number of carbonyl (C=O) groups excluding carboxylic acids is 2. The fraction of sp³-hybridized carbons (Fsp3) is 0.368. The van der Waals surface area contributed by atoms with E-state index in [4.69, 9.17) is 16.3 Å². The van der Waals surface area contributed by atoms with E-state index >= 15 is 0 Å². The van der Waals surface area contributed by atoms with Crippen LogP contribution in [-0.2, 0) is 11.3 Å². The SMILES string of the molecule is COc1ccc(NC(=O)C2CCCN(C(=O)NCc3cccs3)C2)cc1Cl. The third kappa shape index (κ3) is 5.14. The molecule has 8 heteroatoms. The van der Waals surface area contributed by atoms with Gasteiger partial charge >= 0.3 is 6.03 Å². The summed E-state index contributed by atoms with van der Waals surface area (Å²) in [5.41, 5.74) is 0.616. The van der Waals surface area contributed by atoms with Gasteiger partial charge in [-0.3, -0.25) is 4.79 Å². The smallest absolute Gasteiger partial charge is 0.317 e. The lowest BCUT2D eigenvalue weighted by Crippen LogP contribution is -2.47. The molecule has 27 heavy (non-hydrogen) atoms. The molecule has 0 aliphatic carbocycles. The van der Waals surface area contributed by atoms with E-state index in [1.54, 1.807) is 41.5 Å². The largest absolute Gasteiger partial charge is 0.495 e. The van der Waals surface area contributed by atoms with Gasteiger partial charge in [-0.15, -0.1) is 11.3 Å². The molecule has 2 heterocycles. The molecular formula is C19H22ClN3O3S. The van der Waals surface area contributed by atoms with Crippen LogP contribution in [0.15, 0.2) is 35.7 Å². The minimum Gasteiger partial charge on any atom is -0.495 e. The van der Waals surface area contributed by atoms with Gasteiger partial charge in [-0.2, -0.15) is 0 Å². The molecule has 2 aromatic rings. The summed E-state index contributed by atoms with van der Waals surface area (Å²) in [6.07, 6.45) is 1.55. The molecule has 1 aliphatic heterocycles. The summed E-state index contributed by atoms with van der Waals surface area (Å²) in [7, 11) is 1.54. The zero-order valence-corrected chi connectivity index (χ0v) is 16.6. The number of carbonyl (C=O) groups is 2. The van der Waals surface area contributed by atoms with Gasteiger partial charge in [-0.05, 0) is 42.5 Å². The number of anilines is 1. The topological polar surface area (TPSA) is 70.7 Å². The van der Waals surface area contributed by atoms with Gasteiger partial charge < -0.3 is 20.3 Å². The van der Waals surface area contributed by atoms with E-state index in [1.165, 1.54) is 0 Å². The Morgan fingerprint density at radius 2 is 2.22 bits per heavy atom. The Hall–Kier alpha value is -2.25. The highest BCUT2D eigenvalue weighted by atomic mass is 35.5. The Morgan fingerprint density at radius 3 is 2.93 bits per heavy atom. The van der Waals surface area contributed by atoms with Crippen LogP contribution in [-0.4, -0.2) is 37.0 Å². The molecule has 3 rings (SSSR count). The molecule has 1 atom stereocenters. The number of amides is 3. The van der Waals surface area contributed by atoms with Gasteiger partial charge in [0.1, 0.15) is 5.75 Å². The van der Waals surface area contributed by atoms with Crippen LogP contribution in [0.1, 0.15) is 17.7 Å². The number of piperidine rings is 1. The number of benzene rings is 1. The van der Waals surface area contributed by atoms with E-state index in [0.29, 0.717) is 36.1 Å². The van der Waals surface area contributed by atoms with Gasteiger partial charge in [0.05, 0.1) is 24.6 Å². The molecule has 1 fully saturated rings. The number of likely N-dealkylation sites (tertiary alicyclic amines) is 1. The highest BCUT2D eigenvalue weighted by molar-refractivity contribution is 7.09. The third-order valence-electron chi connectivity index (χ3n) is 4.49. The molecule has 0 bridgehead atoms. The molecule has 1 saturated heterocycles. The second-order valence-electron chi connectivity index (χ2n) is 6.36. The summed E-state index contributed by atoms with van der Waals surface area (Å²) in [6.45, 7) is 1.58. The Morgan fingerprint density at radius 1 is 1.37 bits per heavy atom. The van der Waals surface area contributed by atoms with Crippen molar-refractivity contribution in [3.05, 3.63) is 45.6 Å². The fourth-order valence-electron chi connectivity index (χ4n) is 3.05. The Bertz CT molecular complexity index is 798. The number of hydrogen-bond donors (Lipinski definition) is 2. The van der Waals surface area contributed by atoms with Crippen LogP contribution in [0.5, 0.6) is 5.75 Å². The van der Waals surface area contributed by atoms with Crippen molar-refractivity contribution in [2.75, 3.05) is 25.5 Å². The van der Waals surface area contributed by atoms with Crippen molar-refractivity contribution in [1.82, 2.24) is 10.2 Å². The first-order chi connectivity index (χ1) is 13.1. The number of thiophene rings is 1. The van der Waals surface area contributed by atoms with Crippen molar-refractivity contribution in [2.24, 2.45) is 5.92 Å². The standard InChI is InChI=1S/C19H22ClN3O3S/c1-26-17-7-6-14(10-16(17)20)22-18(24)13-4-2-8-23(12-13)19(25)21-11-15-5-3-9-27-15/h3,5-7,9-10,13H,2,4,8,11-12H2,1H3,(H,21,25)(H,22,24). The number of rotatable bonds is 5. The maximum atomic E-state index is 12.6. The number of ether oxygens (including phenoxy) is 1. The van der Waals surface area contributed by atoms with Gasteiger partial charge in [0.15, 0.2) is 0 Å². The Kier molecular flexibility index (Phi) is 6.58. The van der Waals surface area contributed by atoms with Crippen LogP contribution in [0.4, 0.5) is 10.5 Å². The molecule has 1 aliphatic rings. The number of nitrogens with one attached hydrogen (secondary N) is 2. The van der Waals surface area contributed by atoms with Crippen LogP contribution in [0.25, 0.3) is 0 Å². The molecule has 3 amide bonds. The maximum Gasteiger partial charge on any atom is 0.317 e. The van der Waals surface area contributed by atoms with Crippen LogP contribution >= 0.6 is 22.9 Å².